The summed E-state index contributed by atoms with van der Waals surface area (Å²) in [5, 5.41) is 3.02. The Balaban J connectivity index is 2.09. The Morgan fingerprint density at radius 2 is 1.95 bits per heavy atom. The van der Waals surface area contributed by atoms with Gasteiger partial charge in [0, 0.05) is 11.6 Å². The smallest absolute Gasteiger partial charge is 0.251 e. The third-order valence-electron chi connectivity index (χ3n) is 3.64. The molecule has 0 aromatic heterocycles. The van der Waals surface area contributed by atoms with Crippen molar-refractivity contribution in [2.24, 2.45) is 5.92 Å². The highest BCUT2D eigenvalue weighted by atomic mass is 16.6. The normalized spacial score (nSPS) is 14.6. The molecule has 22 heavy (non-hydrogen) atoms. The van der Waals surface area contributed by atoms with Gasteiger partial charge in [0.1, 0.15) is 13.2 Å². The molecule has 122 valence electrons. The Kier molecular flexibility index (Phi) is 5.52. The summed E-state index contributed by atoms with van der Waals surface area (Å²) in [6, 6.07) is 3.54. The number of ether oxygens (including phenoxy) is 3. The molecule has 1 N–H and O–H groups in total. The second-order valence-corrected chi connectivity index (χ2v) is 6.05. The van der Waals surface area contributed by atoms with Crippen LogP contribution in [0.2, 0.25) is 0 Å². The molecule has 1 atom stereocenters. The number of methoxy groups -OCH3 is 1. The van der Waals surface area contributed by atoms with E-state index in [-0.39, 0.29) is 11.9 Å². The van der Waals surface area contributed by atoms with E-state index in [9.17, 15) is 4.79 Å². The van der Waals surface area contributed by atoms with Gasteiger partial charge in [0.2, 0.25) is 5.75 Å². The van der Waals surface area contributed by atoms with E-state index in [1.807, 2.05) is 6.92 Å². The molecule has 0 saturated carbocycles. The quantitative estimate of drug-likeness (QED) is 0.877. The molecule has 0 saturated heterocycles. The Bertz CT molecular complexity index is 510. The molecule has 1 aromatic carbocycles. The van der Waals surface area contributed by atoms with Gasteiger partial charge in [0.25, 0.3) is 5.91 Å². The minimum atomic E-state index is -0.119. The molecule has 0 aliphatic carbocycles. The second-order valence-electron chi connectivity index (χ2n) is 6.05. The average Bonchev–Trinajstić information content (AvgIpc) is 2.51. The number of nitrogens with one attached hydrogen (secondary N) is 1. The Morgan fingerprint density at radius 1 is 1.23 bits per heavy atom. The first-order chi connectivity index (χ1) is 10.5. The lowest BCUT2D eigenvalue weighted by atomic mass is 10.0. The summed E-state index contributed by atoms with van der Waals surface area (Å²) in [4.78, 5) is 12.4. The van der Waals surface area contributed by atoms with Crippen LogP contribution in [0.5, 0.6) is 17.2 Å². The Hall–Kier alpha value is -1.91. The van der Waals surface area contributed by atoms with Crippen LogP contribution in [-0.4, -0.2) is 32.3 Å². The highest BCUT2D eigenvalue weighted by Crippen LogP contribution is 2.40. The maximum Gasteiger partial charge on any atom is 0.251 e. The lowest BCUT2D eigenvalue weighted by Gasteiger charge is -2.22. The number of carbonyl (C=O) groups is 1. The molecule has 1 aliphatic rings. The Morgan fingerprint density at radius 3 is 2.64 bits per heavy atom. The highest BCUT2D eigenvalue weighted by molar-refractivity contribution is 5.95. The zero-order valence-corrected chi connectivity index (χ0v) is 13.8. The van der Waals surface area contributed by atoms with Crippen LogP contribution in [0, 0.1) is 5.92 Å². The lowest BCUT2D eigenvalue weighted by Crippen LogP contribution is -2.32. The van der Waals surface area contributed by atoms with E-state index in [2.05, 4.69) is 19.2 Å². The lowest BCUT2D eigenvalue weighted by molar-refractivity contribution is 0.0935. The molecule has 0 bridgehead atoms. The second kappa shape index (κ2) is 7.38. The topological polar surface area (TPSA) is 56.8 Å². The van der Waals surface area contributed by atoms with Gasteiger partial charge in [0.15, 0.2) is 11.5 Å². The molecule has 1 amide bonds. The van der Waals surface area contributed by atoms with Crippen LogP contribution in [0.15, 0.2) is 12.1 Å². The summed E-state index contributed by atoms with van der Waals surface area (Å²) in [6.45, 7) is 7.35. The zero-order valence-electron chi connectivity index (χ0n) is 13.8. The average molecular weight is 307 g/mol. The van der Waals surface area contributed by atoms with Crippen molar-refractivity contribution in [2.75, 3.05) is 20.3 Å². The van der Waals surface area contributed by atoms with Gasteiger partial charge in [-0.25, -0.2) is 0 Å². The molecule has 0 radical (unpaired) electrons. The molecule has 1 heterocycles. The van der Waals surface area contributed by atoms with E-state index in [1.165, 1.54) is 0 Å². The zero-order chi connectivity index (χ0) is 16.1. The fraction of sp³-hybridized carbons (Fsp3) is 0.588. The number of fused-ring (bicyclic) bond motifs is 1. The van der Waals surface area contributed by atoms with Crippen molar-refractivity contribution in [1.82, 2.24) is 5.32 Å². The maximum absolute atomic E-state index is 12.4. The summed E-state index contributed by atoms with van der Waals surface area (Å²) in [5.74, 6) is 2.17. The molecular weight excluding hydrogens is 282 g/mol. The number of hydrogen-bond donors (Lipinski definition) is 1. The minimum Gasteiger partial charge on any atom is -0.493 e. The van der Waals surface area contributed by atoms with Gasteiger partial charge in [-0.2, -0.15) is 0 Å². The molecule has 0 spiro atoms. The van der Waals surface area contributed by atoms with Gasteiger partial charge in [-0.1, -0.05) is 13.8 Å². The molecule has 5 heteroatoms. The minimum absolute atomic E-state index is 0.119. The number of carbonyl (C=O) groups excluding carboxylic acids is 1. The van der Waals surface area contributed by atoms with E-state index in [0.29, 0.717) is 41.9 Å². The number of hydrogen-bond acceptors (Lipinski definition) is 4. The third kappa shape index (κ3) is 4.06. The van der Waals surface area contributed by atoms with E-state index in [0.717, 1.165) is 12.8 Å². The van der Waals surface area contributed by atoms with Crippen LogP contribution < -0.4 is 19.5 Å². The molecular formula is C17H25NO4. The van der Waals surface area contributed by atoms with Gasteiger partial charge in [0.05, 0.1) is 7.11 Å². The Labute approximate surface area is 131 Å². The largest absolute Gasteiger partial charge is 0.493 e. The molecule has 5 nitrogen and oxygen atoms in total. The van der Waals surface area contributed by atoms with Crippen molar-refractivity contribution in [2.45, 2.75) is 39.7 Å². The molecule has 1 aliphatic heterocycles. The van der Waals surface area contributed by atoms with Crippen LogP contribution in [0.4, 0.5) is 0 Å². The van der Waals surface area contributed by atoms with E-state index < -0.39 is 0 Å². The molecule has 1 unspecified atom stereocenters. The number of rotatable bonds is 6. The summed E-state index contributed by atoms with van der Waals surface area (Å²) in [6.07, 6.45) is 2.05. The first kappa shape index (κ1) is 16.5. The first-order valence-corrected chi connectivity index (χ1v) is 7.79. The fourth-order valence-electron chi connectivity index (χ4n) is 2.37. The summed E-state index contributed by atoms with van der Waals surface area (Å²) in [5.41, 5.74) is 0.525. The van der Waals surface area contributed by atoms with Crippen LogP contribution in [-0.2, 0) is 0 Å². The van der Waals surface area contributed by atoms with Crippen molar-refractivity contribution < 1.29 is 19.0 Å². The third-order valence-corrected chi connectivity index (χ3v) is 3.64. The van der Waals surface area contributed by atoms with E-state index >= 15 is 0 Å². The van der Waals surface area contributed by atoms with Gasteiger partial charge < -0.3 is 19.5 Å². The van der Waals surface area contributed by atoms with Crippen LogP contribution in [0.1, 0.15) is 44.0 Å². The maximum atomic E-state index is 12.4. The molecule has 0 fully saturated rings. The molecule has 2 rings (SSSR count). The van der Waals surface area contributed by atoms with Gasteiger partial charge >= 0.3 is 0 Å². The van der Waals surface area contributed by atoms with E-state index in [4.69, 9.17) is 14.2 Å². The standard InChI is InChI=1S/C17H25NO4/c1-11(2)5-6-12(3)18-17(19)13-9-14(20-4)16-15(10-13)21-7-8-22-16/h9-12H,5-8H2,1-4H3,(H,18,19). The first-order valence-electron chi connectivity index (χ1n) is 7.79. The number of amides is 1. The van der Waals surface area contributed by atoms with Gasteiger partial charge in [-0.05, 0) is 37.8 Å². The predicted molar refractivity (Wildman–Crippen MR) is 85.0 cm³/mol. The van der Waals surface area contributed by atoms with E-state index in [1.54, 1.807) is 19.2 Å². The van der Waals surface area contributed by atoms with Crippen molar-refractivity contribution in [3.63, 3.8) is 0 Å². The molecule has 1 aromatic rings. The van der Waals surface area contributed by atoms with Crippen molar-refractivity contribution >= 4 is 5.91 Å². The SMILES string of the molecule is COc1cc(C(=O)NC(C)CCC(C)C)cc2c1OCCO2. The van der Waals surface area contributed by atoms with Crippen molar-refractivity contribution in [3.8, 4) is 17.2 Å². The van der Waals surface area contributed by atoms with Crippen molar-refractivity contribution in [3.05, 3.63) is 17.7 Å². The van der Waals surface area contributed by atoms with Gasteiger partial charge in [-0.3, -0.25) is 4.79 Å². The summed E-state index contributed by atoms with van der Waals surface area (Å²) in [7, 11) is 1.56. The van der Waals surface area contributed by atoms with Crippen LogP contribution >= 0.6 is 0 Å². The highest BCUT2D eigenvalue weighted by Gasteiger charge is 2.21. The van der Waals surface area contributed by atoms with Gasteiger partial charge in [-0.15, -0.1) is 0 Å². The van der Waals surface area contributed by atoms with Crippen LogP contribution in [0.25, 0.3) is 0 Å². The number of benzene rings is 1. The van der Waals surface area contributed by atoms with Crippen molar-refractivity contribution in [1.29, 1.82) is 0 Å². The van der Waals surface area contributed by atoms with Crippen LogP contribution in [0.3, 0.4) is 0 Å². The summed E-state index contributed by atoms with van der Waals surface area (Å²) < 4.78 is 16.4. The summed E-state index contributed by atoms with van der Waals surface area (Å²) >= 11 is 0. The predicted octanol–water partition coefficient (Wildman–Crippen LogP) is 3.02. The monoisotopic (exact) mass is 307 g/mol. The fourth-order valence-corrected chi connectivity index (χ4v) is 2.37.